The van der Waals surface area contributed by atoms with Crippen LogP contribution >= 0.6 is 0 Å². The molecule has 2 N–H and O–H groups in total. The number of nitrogens with one attached hydrogen (secondary N) is 2. The number of amides is 1. The fraction of sp³-hybridized carbons (Fsp3) is 0.167. The summed E-state index contributed by atoms with van der Waals surface area (Å²) in [6, 6.07) is 10.7. The number of H-pyrrole nitrogens is 1. The summed E-state index contributed by atoms with van der Waals surface area (Å²) < 4.78 is 12.2. The number of ether oxygens (including phenoxy) is 2. The Morgan fingerprint density at radius 3 is 2.64 bits per heavy atom. The average molecular weight is 379 g/mol. The van der Waals surface area contributed by atoms with Crippen LogP contribution in [0, 0.1) is 0 Å². The SMILES string of the molecule is COc1cc(NC(=O)Cn2cnc3cccc(-c4nn[nH]n4)c32)cc(OC)c1. The van der Waals surface area contributed by atoms with E-state index in [1.165, 1.54) is 0 Å². The third-order valence-corrected chi connectivity index (χ3v) is 4.17. The molecule has 4 aromatic rings. The second-order valence-electron chi connectivity index (χ2n) is 5.93. The molecule has 0 bridgehead atoms. The van der Waals surface area contributed by atoms with Crippen LogP contribution in [0.1, 0.15) is 0 Å². The molecule has 0 saturated carbocycles. The van der Waals surface area contributed by atoms with Gasteiger partial charge in [0, 0.05) is 29.4 Å². The Labute approximate surface area is 159 Å². The fourth-order valence-corrected chi connectivity index (χ4v) is 2.94. The van der Waals surface area contributed by atoms with E-state index in [4.69, 9.17) is 9.47 Å². The number of tetrazole rings is 1. The summed E-state index contributed by atoms with van der Waals surface area (Å²) in [5.74, 6) is 1.38. The van der Waals surface area contributed by atoms with Crippen molar-refractivity contribution < 1.29 is 14.3 Å². The first-order valence-corrected chi connectivity index (χ1v) is 8.38. The van der Waals surface area contributed by atoms with E-state index < -0.39 is 0 Å². The fourth-order valence-electron chi connectivity index (χ4n) is 2.94. The predicted octanol–water partition coefficient (Wildman–Crippen LogP) is 1.87. The lowest BCUT2D eigenvalue weighted by Crippen LogP contribution is -2.18. The van der Waals surface area contributed by atoms with E-state index in [0.29, 0.717) is 23.0 Å². The van der Waals surface area contributed by atoms with E-state index in [1.807, 2.05) is 18.2 Å². The Balaban J connectivity index is 1.61. The molecular weight excluding hydrogens is 362 g/mol. The Morgan fingerprint density at radius 1 is 1.18 bits per heavy atom. The number of carbonyl (C=O) groups is 1. The number of rotatable bonds is 6. The standard InChI is InChI=1S/C18H17N7O3/c1-27-12-6-11(7-13(8-12)28-2)20-16(26)9-25-10-19-15-5-3-4-14(17(15)25)18-21-23-24-22-18/h3-8,10H,9H2,1-2H3,(H,20,26)(H,21,22,23,24). The molecular formula is C18H17N7O3. The lowest BCUT2D eigenvalue weighted by molar-refractivity contribution is -0.116. The van der Waals surface area contributed by atoms with E-state index in [9.17, 15) is 4.79 Å². The van der Waals surface area contributed by atoms with Crippen molar-refractivity contribution in [1.82, 2.24) is 30.2 Å². The summed E-state index contributed by atoms with van der Waals surface area (Å²) in [5, 5.41) is 16.9. The molecule has 2 heterocycles. The van der Waals surface area contributed by atoms with Crippen LogP contribution < -0.4 is 14.8 Å². The lowest BCUT2D eigenvalue weighted by atomic mass is 10.1. The van der Waals surface area contributed by atoms with Gasteiger partial charge in [-0.1, -0.05) is 6.07 Å². The molecule has 0 unspecified atom stereocenters. The van der Waals surface area contributed by atoms with E-state index in [2.05, 4.69) is 30.9 Å². The molecule has 0 aliphatic carbocycles. The van der Waals surface area contributed by atoms with Crippen LogP contribution in [-0.2, 0) is 11.3 Å². The summed E-state index contributed by atoms with van der Waals surface area (Å²) in [6.45, 7) is 0.0604. The first-order chi connectivity index (χ1) is 13.7. The van der Waals surface area contributed by atoms with Crippen molar-refractivity contribution in [2.45, 2.75) is 6.54 Å². The third-order valence-electron chi connectivity index (χ3n) is 4.17. The van der Waals surface area contributed by atoms with E-state index in [1.54, 1.807) is 43.3 Å². The zero-order valence-corrected chi connectivity index (χ0v) is 15.2. The lowest BCUT2D eigenvalue weighted by Gasteiger charge is -2.11. The van der Waals surface area contributed by atoms with Gasteiger partial charge in [-0.05, 0) is 17.3 Å². The van der Waals surface area contributed by atoms with Crippen LogP contribution in [0.25, 0.3) is 22.4 Å². The Bertz CT molecular complexity index is 1100. The first-order valence-electron chi connectivity index (χ1n) is 8.38. The number of para-hydroxylation sites is 1. The van der Waals surface area contributed by atoms with Crippen molar-refractivity contribution in [3.8, 4) is 22.9 Å². The van der Waals surface area contributed by atoms with Crippen LogP contribution in [0.15, 0.2) is 42.7 Å². The monoisotopic (exact) mass is 379 g/mol. The number of methoxy groups -OCH3 is 2. The zero-order valence-electron chi connectivity index (χ0n) is 15.2. The molecule has 0 fully saturated rings. The molecule has 10 heteroatoms. The van der Waals surface area contributed by atoms with Gasteiger partial charge in [0.05, 0.1) is 31.6 Å². The van der Waals surface area contributed by atoms with Crippen molar-refractivity contribution in [2.24, 2.45) is 0 Å². The van der Waals surface area contributed by atoms with Gasteiger partial charge in [-0.3, -0.25) is 4.79 Å². The minimum Gasteiger partial charge on any atom is -0.497 e. The Hall–Kier alpha value is -3.95. The molecule has 0 aliphatic rings. The van der Waals surface area contributed by atoms with Gasteiger partial charge in [-0.15, -0.1) is 10.2 Å². The highest BCUT2D eigenvalue weighted by Crippen LogP contribution is 2.27. The van der Waals surface area contributed by atoms with Crippen LogP contribution in [0.2, 0.25) is 0 Å². The van der Waals surface area contributed by atoms with Gasteiger partial charge in [-0.25, -0.2) is 4.98 Å². The van der Waals surface area contributed by atoms with Gasteiger partial charge < -0.3 is 19.4 Å². The number of anilines is 1. The number of nitrogens with zero attached hydrogens (tertiary/aromatic N) is 5. The summed E-state index contributed by atoms with van der Waals surface area (Å²) in [6.07, 6.45) is 1.61. The number of carbonyl (C=O) groups excluding carboxylic acids is 1. The average Bonchev–Trinajstić information content (AvgIpc) is 3.38. The second kappa shape index (κ2) is 7.35. The van der Waals surface area contributed by atoms with E-state index >= 15 is 0 Å². The highest BCUT2D eigenvalue weighted by atomic mass is 16.5. The summed E-state index contributed by atoms with van der Waals surface area (Å²) in [4.78, 5) is 17.0. The van der Waals surface area contributed by atoms with Crippen molar-refractivity contribution in [1.29, 1.82) is 0 Å². The maximum absolute atomic E-state index is 12.6. The Kier molecular flexibility index (Phi) is 4.58. The number of aromatic nitrogens is 6. The molecule has 1 amide bonds. The van der Waals surface area contributed by atoms with Gasteiger partial charge in [0.2, 0.25) is 11.7 Å². The highest BCUT2D eigenvalue weighted by molar-refractivity contribution is 5.94. The van der Waals surface area contributed by atoms with Crippen LogP contribution in [-0.4, -0.2) is 50.3 Å². The minimum absolute atomic E-state index is 0.0604. The molecule has 0 radical (unpaired) electrons. The van der Waals surface area contributed by atoms with Crippen LogP contribution in [0.5, 0.6) is 11.5 Å². The minimum atomic E-state index is -0.225. The molecule has 2 aromatic heterocycles. The van der Waals surface area contributed by atoms with Crippen LogP contribution in [0.3, 0.4) is 0 Å². The Morgan fingerprint density at radius 2 is 1.96 bits per heavy atom. The molecule has 28 heavy (non-hydrogen) atoms. The molecule has 2 aromatic carbocycles. The maximum atomic E-state index is 12.6. The molecule has 10 nitrogen and oxygen atoms in total. The second-order valence-corrected chi connectivity index (χ2v) is 5.93. The van der Waals surface area contributed by atoms with Crippen molar-refractivity contribution in [3.05, 3.63) is 42.7 Å². The highest BCUT2D eigenvalue weighted by Gasteiger charge is 2.15. The smallest absolute Gasteiger partial charge is 0.244 e. The van der Waals surface area contributed by atoms with Gasteiger partial charge in [0.25, 0.3) is 0 Å². The molecule has 0 spiro atoms. The molecule has 0 saturated heterocycles. The topological polar surface area (TPSA) is 120 Å². The van der Waals surface area contributed by atoms with Gasteiger partial charge in [-0.2, -0.15) is 5.21 Å². The number of benzene rings is 2. The number of hydrogen-bond donors (Lipinski definition) is 2. The zero-order chi connectivity index (χ0) is 19.5. The third kappa shape index (κ3) is 3.34. The van der Waals surface area contributed by atoms with Gasteiger partial charge in [0.15, 0.2) is 0 Å². The number of fused-ring (bicyclic) bond motifs is 1. The van der Waals surface area contributed by atoms with E-state index in [-0.39, 0.29) is 12.5 Å². The first kappa shape index (κ1) is 17.5. The largest absolute Gasteiger partial charge is 0.497 e. The quantitative estimate of drug-likeness (QED) is 0.525. The molecule has 0 aliphatic heterocycles. The summed E-state index contributed by atoms with van der Waals surface area (Å²) in [7, 11) is 3.11. The predicted molar refractivity (Wildman–Crippen MR) is 101 cm³/mol. The summed E-state index contributed by atoms with van der Waals surface area (Å²) >= 11 is 0. The van der Waals surface area contributed by atoms with Crippen molar-refractivity contribution in [3.63, 3.8) is 0 Å². The number of hydrogen-bond acceptors (Lipinski definition) is 7. The van der Waals surface area contributed by atoms with Gasteiger partial charge in [0.1, 0.15) is 18.0 Å². The normalized spacial score (nSPS) is 10.8. The summed E-state index contributed by atoms with van der Waals surface area (Å²) in [5.41, 5.74) is 2.80. The van der Waals surface area contributed by atoms with Crippen molar-refractivity contribution in [2.75, 3.05) is 19.5 Å². The maximum Gasteiger partial charge on any atom is 0.244 e. The molecule has 0 atom stereocenters. The number of imidazole rings is 1. The molecule has 142 valence electrons. The van der Waals surface area contributed by atoms with Gasteiger partial charge >= 0.3 is 0 Å². The van der Waals surface area contributed by atoms with Crippen LogP contribution in [0.4, 0.5) is 5.69 Å². The van der Waals surface area contributed by atoms with Crippen molar-refractivity contribution >= 4 is 22.6 Å². The van der Waals surface area contributed by atoms with E-state index in [0.717, 1.165) is 16.6 Å². The molecule has 4 rings (SSSR count). The number of aromatic amines is 1.